The van der Waals surface area contributed by atoms with Gasteiger partial charge < -0.3 is 0 Å². The molecule has 3 fully saturated rings. The molecule has 0 N–H and O–H groups in total. The summed E-state index contributed by atoms with van der Waals surface area (Å²) in [4.78, 5) is 18.6. The number of rotatable bonds is 7. The number of fused-ring (bicyclic) bond motifs is 4. The number of hydrogen-bond acceptors (Lipinski definition) is 2. The summed E-state index contributed by atoms with van der Waals surface area (Å²) in [7, 11) is 0. The van der Waals surface area contributed by atoms with Crippen LogP contribution in [0.4, 0.5) is 0 Å². The van der Waals surface area contributed by atoms with Gasteiger partial charge in [-0.25, -0.2) is 0 Å². The normalized spacial score (nSPS) is 30.6. The third kappa shape index (κ3) is 3.72. The number of carbonyl (C=O) groups excluding carboxylic acids is 1. The molecule has 0 radical (unpaired) electrons. The Kier molecular flexibility index (Phi) is 5.27. The maximum Gasteiger partial charge on any atom is 0.144 e. The smallest absolute Gasteiger partial charge is 0.144 e. The highest BCUT2D eigenvalue weighted by Gasteiger charge is 2.51. The van der Waals surface area contributed by atoms with Crippen molar-refractivity contribution in [1.82, 2.24) is 0 Å². The number of ketones is 1. The molecule has 0 saturated heterocycles. The fourth-order valence-electron chi connectivity index (χ4n) is 6.17. The van der Waals surface area contributed by atoms with Crippen LogP contribution in [-0.4, -0.2) is 17.0 Å². The number of nitrogens with zero attached hydrogens (tertiary/aromatic N) is 1. The Bertz CT molecular complexity index is 748. The van der Waals surface area contributed by atoms with Crippen LogP contribution >= 0.6 is 0 Å². The van der Waals surface area contributed by atoms with Gasteiger partial charge in [-0.1, -0.05) is 50.5 Å². The molecule has 152 valence electrons. The van der Waals surface area contributed by atoms with E-state index in [0.717, 1.165) is 31.4 Å². The fourth-order valence-corrected chi connectivity index (χ4v) is 6.17. The van der Waals surface area contributed by atoms with Gasteiger partial charge >= 0.3 is 0 Å². The zero-order valence-corrected chi connectivity index (χ0v) is 18.2. The summed E-state index contributed by atoms with van der Waals surface area (Å²) in [5.41, 5.74) is 4.02. The van der Waals surface area contributed by atoms with Crippen molar-refractivity contribution in [3.8, 4) is 0 Å². The van der Waals surface area contributed by atoms with Crippen molar-refractivity contribution in [2.24, 2.45) is 15.8 Å². The molecule has 3 saturated carbocycles. The molecule has 1 aliphatic heterocycles. The molecule has 0 aromatic heterocycles. The maximum atomic E-state index is 13.5. The van der Waals surface area contributed by atoms with Gasteiger partial charge in [0, 0.05) is 11.8 Å². The van der Waals surface area contributed by atoms with E-state index in [2.05, 4.69) is 45.0 Å². The van der Waals surface area contributed by atoms with E-state index in [1.165, 1.54) is 56.1 Å². The molecule has 4 aliphatic rings. The fraction of sp³-hybridized carbons (Fsp3) is 0.692. The van der Waals surface area contributed by atoms with Crippen LogP contribution in [0.1, 0.15) is 103 Å². The number of aliphatic imine (C=N–C) groups is 1. The van der Waals surface area contributed by atoms with Crippen LogP contribution in [0.25, 0.3) is 0 Å². The van der Waals surface area contributed by atoms with E-state index in [9.17, 15) is 4.79 Å². The predicted molar refractivity (Wildman–Crippen MR) is 117 cm³/mol. The van der Waals surface area contributed by atoms with Crippen LogP contribution in [-0.2, 0) is 11.2 Å². The minimum atomic E-state index is -0.102. The topological polar surface area (TPSA) is 29.4 Å². The van der Waals surface area contributed by atoms with E-state index in [-0.39, 0.29) is 11.0 Å². The van der Waals surface area contributed by atoms with Crippen molar-refractivity contribution in [2.75, 3.05) is 0 Å². The Morgan fingerprint density at radius 2 is 1.68 bits per heavy atom. The molecule has 1 aromatic carbocycles. The van der Waals surface area contributed by atoms with Crippen LogP contribution in [0.2, 0.25) is 0 Å². The van der Waals surface area contributed by atoms with Gasteiger partial charge in [-0.3, -0.25) is 9.79 Å². The molecule has 0 atom stereocenters. The molecule has 0 unspecified atom stereocenters. The summed E-state index contributed by atoms with van der Waals surface area (Å²) < 4.78 is 0. The Balaban J connectivity index is 1.47. The summed E-state index contributed by atoms with van der Waals surface area (Å²) in [5, 5.41) is 0. The number of unbranched alkanes of at least 4 members (excludes halogenated alkanes) is 2. The van der Waals surface area contributed by atoms with Crippen LogP contribution < -0.4 is 0 Å². The van der Waals surface area contributed by atoms with Crippen molar-refractivity contribution in [2.45, 2.75) is 103 Å². The van der Waals surface area contributed by atoms with Gasteiger partial charge in [-0.05, 0) is 81.8 Å². The lowest BCUT2D eigenvalue weighted by molar-refractivity contribution is -0.137. The summed E-state index contributed by atoms with van der Waals surface area (Å²) in [6, 6.07) is 8.56. The Morgan fingerprint density at radius 3 is 2.36 bits per heavy atom. The van der Waals surface area contributed by atoms with Crippen molar-refractivity contribution in [3.05, 3.63) is 35.4 Å². The molecule has 2 bridgehead atoms. The van der Waals surface area contributed by atoms with Gasteiger partial charge in [0.05, 0.1) is 11.3 Å². The van der Waals surface area contributed by atoms with Crippen molar-refractivity contribution < 1.29 is 4.79 Å². The van der Waals surface area contributed by atoms with Crippen molar-refractivity contribution in [1.29, 1.82) is 0 Å². The number of hydrogen-bond donors (Lipinski definition) is 0. The second kappa shape index (κ2) is 7.43. The molecule has 0 spiro atoms. The zero-order chi connectivity index (χ0) is 19.8. The third-order valence-corrected chi connectivity index (χ3v) is 8.02. The predicted octanol–water partition coefficient (Wildman–Crippen LogP) is 6.69. The maximum absolute atomic E-state index is 13.5. The molecule has 3 aliphatic carbocycles. The molecule has 1 aromatic rings. The molecular formula is C26H37NO. The van der Waals surface area contributed by atoms with E-state index >= 15 is 0 Å². The number of carbonyl (C=O) groups is 1. The average molecular weight is 380 g/mol. The third-order valence-electron chi connectivity index (χ3n) is 8.02. The summed E-state index contributed by atoms with van der Waals surface area (Å²) in [6.07, 6.45) is 14.1. The largest absolute Gasteiger partial charge is 0.299 e. The first-order valence-corrected chi connectivity index (χ1v) is 11.6. The lowest BCUT2D eigenvalue weighted by atomic mass is 9.51. The van der Waals surface area contributed by atoms with Gasteiger partial charge in [0.15, 0.2) is 0 Å². The molecule has 2 heteroatoms. The lowest BCUT2D eigenvalue weighted by Gasteiger charge is -2.53. The Morgan fingerprint density at radius 1 is 1.00 bits per heavy atom. The number of benzene rings is 1. The molecule has 5 rings (SSSR count). The van der Waals surface area contributed by atoms with Gasteiger partial charge in [-0.15, -0.1) is 0 Å². The Labute approximate surface area is 171 Å². The standard InChI is InChI=1S/C26H37NO/c1-4-5-8-11-25-12-15-26(16-13-25,17-14-25)23(28)18-22-21-10-7-6-9-20(21)19-24(2,3)27-22/h6-7,9-10H,4-5,8,11-19H2,1-3H3. The van der Waals surface area contributed by atoms with Crippen LogP contribution in [0, 0.1) is 10.8 Å². The molecule has 1 heterocycles. The monoisotopic (exact) mass is 379 g/mol. The van der Waals surface area contributed by atoms with E-state index in [1.54, 1.807) is 0 Å². The van der Waals surface area contributed by atoms with Crippen LogP contribution in [0.15, 0.2) is 29.3 Å². The van der Waals surface area contributed by atoms with E-state index in [0.29, 0.717) is 17.6 Å². The Hall–Kier alpha value is -1.44. The van der Waals surface area contributed by atoms with Gasteiger partial charge in [0.1, 0.15) is 5.78 Å². The summed E-state index contributed by atoms with van der Waals surface area (Å²) in [6.45, 7) is 6.67. The highest BCUT2D eigenvalue weighted by atomic mass is 16.1. The van der Waals surface area contributed by atoms with Crippen LogP contribution in [0.3, 0.4) is 0 Å². The molecule has 2 nitrogen and oxygen atoms in total. The van der Waals surface area contributed by atoms with E-state index < -0.39 is 0 Å². The van der Waals surface area contributed by atoms with Gasteiger partial charge in [0.25, 0.3) is 0 Å². The first kappa shape index (κ1) is 19.9. The minimum Gasteiger partial charge on any atom is -0.299 e. The van der Waals surface area contributed by atoms with Crippen LogP contribution in [0.5, 0.6) is 0 Å². The van der Waals surface area contributed by atoms with Gasteiger partial charge in [0.2, 0.25) is 0 Å². The number of Topliss-reactive ketones (excluding diaryl/α,β-unsaturated/α-hetero) is 1. The van der Waals surface area contributed by atoms with Crippen molar-refractivity contribution in [3.63, 3.8) is 0 Å². The highest BCUT2D eigenvalue weighted by molar-refractivity contribution is 6.13. The quantitative estimate of drug-likeness (QED) is 0.485. The van der Waals surface area contributed by atoms with Gasteiger partial charge in [-0.2, -0.15) is 0 Å². The highest BCUT2D eigenvalue weighted by Crippen LogP contribution is 2.59. The first-order chi connectivity index (χ1) is 13.4. The molecule has 28 heavy (non-hydrogen) atoms. The van der Waals surface area contributed by atoms with Crippen molar-refractivity contribution >= 4 is 11.5 Å². The minimum absolute atomic E-state index is 0.0500. The van der Waals surface area contributed by atoms with E-state index in [1.807, 2.05) is 0 Å². The summed E-state index contributed by atoms with van der Waals surface area (Å²) in [5.74, 6) is 0.473. The summed E-state index contributed by atoms with van der Waals surface area (Å²) >= 11 is 0. The SMILES string of the molecule is CCCCCC12CCC(C(=O)CC3=NC(C)(C)Cc4ccccc43)(CC1)CC2. The molecular weight excluding hydrogens is 342 g/mol. The second-order valence-corrected chi connectivity index (χ2v) is 10.5. The lowest BCUT2D eigenvalue weighted by Crippen LogP contribution is -2.46. The first-order valence-electron chi connectivity index (χ1n) is 11.6. The second-order valence-electron chi connectivity index (χ2n) is 10.5. The van der Waals surface area contributed by atoms with E-state index in [4.69, 9.17) is 4.99 Å². The average Bonchev–Trinajstić information content (AvgIpc) is 2.68. The zero-order valence-electron chi connectivity index (χ0n) is 18.2. The molecule has 0 amide bonds.